The Hall–Kier alpha value is -1.68. The van der Waals surface area contributed by atoms with Gasteiger partial charge in [-0.15, -0.1) is 0 Å². The summed E-state index contributed by atoms with van der Waals surface area (Å²) in [6, 6.07) is 13.4. The Kier molecular flexibility index (Phi) is 6.15. The second kappa shape index (κ2) is 7.62. The van der Waals surface area contributed by atoms with Gasteiger partial charge in [-0.2, -0.15) is 21.6 Å². The molecule has 0 amide bonds. The highest BCUT2D eigenvalue weighted by molar-refractivity contribution is 7.88. The van der Waals surface area contributed by atoms with Crippen LogP contribution in [0.2, 0.25) is 0 Å². The Morgan fingerprint density at radius 2 is 1.18 bits per heavy atom. The van der Waals surface area contributed by atoms with Gasteiger partial charge in [0.05, 0.1) is 0 Å². The van der Waals surface area contributed by atoms with Crippen LogP contribution >= 0.6 is 0 Å². The standard InChI is InChI=1S/C19H24F3NO3SSi/c1-14-6-10-16(11-7-14)28(23-18(3,4)5,17-12-8-15(2)9-13-17)26-27(24,25)19(20,21)22/h6-13,23H,1-5H3. The van der Waals surface area contributed by atoms with Crippen molar-refractivity contribution in [1.29, 1.82) is 0 Å². The van der Waals surface area contributed by atoms with E-state index >= 15 is 0 Å². The summed E-state index contributed by atoms with van der Waals surface area (Å²) in [7, 11) is -9.88. The van der Waals surface area contributed by atoms with Crippen LogP contribution in [0.5, 0.6) is 0 Å². The van der Waals surface area contributed by atoms with Gasteiger partial charge in [0.1, 0.15) is 0 Å². The Balaban J connectivity index is 2.82. The Morgan fingerprint density at radius 1 is 0.821 bits per heavy atom. The molecule has 2 aromatic rings. The first-order chi connectivity index (χ1) is 12.7. The quantitative estimate of drug-likeness (QED) is 0.584. The molecule has 0 fully saturated rings. The summed E-state index contributed by atoms with van der Waals surface area (Å²) in [6.07, 6.45) is 0. The number of hydrogen-bond acceptors (Lipinski definition) is 4. The molecule has 0 spiro atoms. The number of nitrogens with one attached hydrogen (secondary N) is 1. The average Bonchev–Trinajstić information content (AvgIpc) is 2.52. The molecular weight excluding hydrogens is 407 g/mol. The zero-order valence-electron chi connectivity index (χ0n) is 16.4. The summed E-state index contributed by atoms with van der Waals surface area (Å²) in [5.74, 6) is 0. The molecule has 0 bridgehead atoms. The van der Waals surface area contributed by atoms with E-state index in [0.29, 0.717) is 10.4 Å². The van der Waals surface area contributed by atoms with Gasteiger partial charge in [0.2, 0.25) is 0 Å². The van der Waals surface area contributed by atoms with E-state index in [1.54, 1.807) is 69.3 Å². The number of aryl methyl sites for hydroxylation is 2. The second-order valence-corrected chi connectivity index (χ2v) is 12.6. The third-order valence-corrected chi connectivity index (χ3v) is 9.82. The number of rotatable bonds is 5. The molecule has 9 heteroatoms. The molecule has 0 saturated heterocycles. The first-order valence-corrected chi connectivity index (χ1v) is 11.9. The fourth-order valence-corrected chi connectivity index (χ4v) is 8.33. The van der Waals surface area contributed by atoms with Gasteiger partial charge in [0, 0.05) is 5.54 Å². The van der Waals surface area contributed by atoms with Crippen LogP contribution < -0.4 is 15.4 Å². The molecule has 0 aliphatic heterocycles. The number of alkyl halides is 3. The third kappa shape index (κ3) is 5.02. The first kappa shape index (κ1) is 22.6. The zero-order chi connectivity index (χ0) is 21.4. The number of benzene rings is 2. The molecule has 154 valence electrons. The van der Waals surface area contributed by atoms with Gasteiger partial charge in [0.15, 0.2) is 0 Å². The monoisotopic (exact) mass is 431 g/mol. The molecule has 28 heavy (non-hydrogen) atoms. The molecule has 0 atom stereocenters. The molecule has 0 aromatic heterocycles. The highest BCUT2D eigenvalue weighted by Gasteiger charge is 2.55. The predicted molar refractivity (Wildman–Crippen MR) is 106 cm³/mol. The van der Waals surface area contributed by atoms with Crippen LogP contribution in [0.15, 0.2) is 48.5 Å². The average molecular weight is 432 g/mol. The van der Waals surface area contributed by atoms with Crippen LogP contribution in [0.1, 0.15) is 31.9 Å². The van der Waals surface area contributed by atoms with Crippen LogP contribution in [-0.2, 0) is 14.0 Å². The van der Waals surface area contributed by atoms with E-state index in [4.69, 9.17) is 3.87 Å². The number of hydrogen-bond donors (Lipinski definition) is 1. The lowest BCUT2D eigenvalue weighted by molar-refractivity contribution is -0.0503. The largest absolute Gasteiger partial charge is 0.522 e. The lowest BCUT2D eigenvalue weighted by atomic mass is 10.1. The van der Waals surface area contributed by atoms with E-state index in [2.05, 4.69) is 4.98 Å². The van der Waals surface area contributed by atoms with E-state index < -0.39 is 29.6 Å². The highest BCUT2D eigenvalue weighted by atomic mass is 32.2. The van der Waals surface area contributed by atoms with Gasteiger partial charge >= 0.3 is 24.1 Å². The minimum atomic E-state index is -5.85. The molecule has 0 aliphatic carbocycles. The van der Waals surface area contributed by atoms with E-state index in [-0.39, 0.29) is 0 Å². The lowest BCUT2D eigenvalue weighted by Gasteiger charge is -2.38. The minimum absolute atomic E-state index is 0.379. The Morgan fingerprint density at radius 3 is 1.46 bits per heavy atom. The van der Waals surface area contributed by atoms with E-state index in [1.165, 1.54) is 0 Å². The van der Waals surface area contributed by atoms with E-state index in [9.17, 15) is 21.6 Å². The van der Waals surface area contributed by atoms with Gasteiger partial charge in [0.25, 0.3) is 0 Å². The summed E-state index contributed by atoms with van der Waals surface area (Å²) < 4.78 is 69.0. The molecular formula is C19H24F3NO3SSi. The van der Waals surface area contributed by atoms with E-state index in [0.717, 1.165) is 11.1 Å². The van der Waals surface area contributed by atoms with Gasteiger partial charge in [-0.1, -0.05) is 59.7 Å². The first-order valence-electron chi connectivity index (χ1n) is 8.62. The smallest absolute Gasteiger partial charge is 0.303 e. The summed E-state index contributed by atoms with van der Waals surface area (Å²) >= 11 is 0. The summed E-state index contributed by atoms with van der Waals surface area (Å²) in [6.45, 7) is 8.93. The lowest BCUT2D eigenvalue weighted by Crippen LogP contribution is -2.75. The molecule has 4 nitrogen and oxygen atoms in total. The SMILES string of the molecule is Cc1ccc([Si](NC(C)(C)C)(OS(=O)(=O)C(F)(F)F)c2ccc(C)cc2)cc1. The fraction of sp³-hybridized carbons (Fsp3) is 0.368. The van der Waals surface area contributed by atoms with Gasteiger partial charge < -0.3 is 4.98 Å². The van der Waals surface area contributed by atoms with Gasteiger partial charge in [-0.05, 0) is 45.0 Å². The highest BCUT2D eigenvalue weighted by Crippen LogP contribution is 2.28. The third-order valence-electron chi connectivity index (χ3n) is 3.99. The van der Waals surface area contributed by atoms with Crippen molar-refractivity contribution >= 4 is 29.0 Å². The van der Waals surface area contributed by atoms with Gasteiger partial charge in [-0.3, -0.25) is 3.87 Å². The van der Waals surface area contributed by atoms with Crippen LogP contribution in [0, 0.1) is 13.8 Å². The number of halogens is 3. The molecule has 0 saturated carbocycles. The minimum Gasteiger partial charge on any atom is -0.303 e. The summed E-state index contributed by atoms with van der Waals surface area (Å²) in [4.78, 5) is 3.11. The van der Waals surface area contributed by atoms with Crippen LogP contribution in [0.4, 0.5) is 13.2 Å². The summed E-state index contributed by atoms with van der Waals surface area (Å²) in [5.41, 5.74) is -4.46. The molecule has 1 N–H and O–H groups in total. The van der Waals surface area contributed by atoms with Crippen molar-refractivity contribution < 1.29 is 25.5 Å². The molecule has 0 aliphatic rings. The van der Waals surface area contributed by atoms with Gasteiger partial charge in [-0.25, -0.2) is 0 Å². The molecule has 2 rings (SSSR count). The topological polar surface area (TPSA) is 55.4 Å². The normalized spacial score (nSPS) is 13.6. The fourth-order valence-electron chi connectivity index (χ4n) is 2.74. The molecule has 2 aromatic carbocycles. The predicted octanol–water partition coefficient (Wildman–Crippen LogP) is 3.11. The maximum atomic E-state index is 13.2. The van der Waals surface area contributed by atoms with Crippen molar-refractivity contribution in [3.8, 4) is 0 Å². The maximum Gasteiger partial charge on any atom is 0.522 e. The van der Waals surface area contributed by atoms with Crippen LogP contribution in [-0.4, -0.2) is 27.9 Å². The van der Waals surface area contributed by atoms with E-state index in [1.807, 2.05) is 13.8 Å². The summed E-state index contributed by atoms with van der Waals surface area (Å²) in [5, 5.41) is 0.759. The zero-order valence-corrected chi connectivity index (χ0v) is 18.2. The maximum absolute atomic E-state index is 13.2. The van der Waals surface area contributed by atoms with Crippen molar-refractivity contribution in [3.63, 3.8) is 0 Å². The van der Waals surface area contributed by atoms with Crippen LogP contribution in [0.25, 0.3) is 0 Å². The van der Waals surface area contributed by atoms with Crippen molar-refractivity contribution in [2.45, 2.75) is 45.7 Å². The van der Waals surface area contributed by atoms with Crippen molar-refractivity contribution in [2.24, 2.45) is 0 Å². The molecule has 0 heterocycles. The van der Waals surface area contributed by atoms with Crippen molar-refractivity contribution in [2.75, 3.05) is 0 Å². The molecule has 0 radical (unpaired) electrons. The van der Waals surface area contributed by atoms with Crippen molar-refractivity contribution in [1.82, 2.24) is 4.98 Å². The molecule has 0 unspecified atom stereocenters. The van der Waals surface area contributed by atoms with Crippen LogP contribution in [0.3, 0.4) is 0 Å². The Labute approximate surface area is 165 Å². The van der Waals surface area contributed by atoms with Crippen molar-refractivity contribution in [3.05, 3.63) is 59.7 Å². The Bertz CT molecular complexity index is 873. The second-order valence-electron chi connectivity index (χ2n) is 7.77.